The molecule has 0 bridgehead atoms. The molecule has 1 heterocycles. The van der Waals surface area contributed by atoms with Crippen molar-refractivity contribution in [2.24, 2.45) is 0 Å². The van der Waals surface area contributed by atoms with Gasteiger partial charge in [-0.15, -0.1) is 12.4 Å². The molecule has 1 fully saturated rings. The van der Waals surface area contributed by atoms with E-state index in [-0.39, 0.29) is 23.9 Å². The molecular formula is C22H29ClN2O2. The van der Waals surface area contributed by atoms with Gasteiger partial charge in [-0.25, -0.2) is 4.79 Å². The van der Waals surface area contributed by atoms with Crippen molar-refractivity contribution in [3.05, 3.63) is 71.8 Å². The lowest BCUT2D eigenvalue weighted by Gasteiger charge is -2.42. The van der Waals surface area contributed by atoms with Gasteiger partial charge in [-0.1, -0.05) is 60.7 Å². The maximum atomic E-state index is 11.8. The number of carbonyl (C=O) groups is 1. The van der Waals surface area contributed by atoms with E-state index in [0.717, 1.165) is 32.5 Å². The molecule has 2 aromatic rings. The summed E-state index contributed by atoms with van der Waals surface area (Å²) in [6.45, 7) is 5.87. The molecule has 4 nitrogen and oxygen atoms in total. The Hall–Kier alpha value is -2.04. The molecule has 0 unspecified atom stereocenters. The molecule has 5 heteroatoms. The fourth-order valence-electron chi connectivity index (χ4n) is 3.76. The third-order valence-corrected chi connectivity index (χ3v) is 5.29. The summed E-state index contributed by atoms with van der Waals surface area (Å²) in [5.41, 5.74) is 2.63. The van der Waals surface area contributed by atoms with Gasteiger partial charge in [-0.05, 0) is 44.0 Å². The number of hydrogen-bond donors (Lipinski definition) is 1. The number of halogens is 1. The van der Waals surface area contributed by atoms with Gasteiger partial charge in [0.05, 0.1) is 6.61 Å². The number of piperidine rings is 1. The number of nitrogens with one attached hydrogen (secondary N) is 1. The van der Waals surface area contributed by atoms with Crippen LogP contribution in [-0.4, -0.2) is 37.2 Å². The van der Waals surface area contributed by atoms with Crippen LogP contribution in [0.5, 0.6) is 0 Å². The number of alkyl carbamates (subject to hydrolysis) is 1. The van der Waals surface area contributed by atoms with Crippen LogP contribution in [0.15, 0.2) is 60.7 Å². The number of rotatable bonds is 6. The zero-order chi connectivity index (χ0) is 18.2. The largest absolute Gasteiger partial charge is 0.450 e. The number of benzene rings is 2. The Morgan fingerprint density at radius 3 is 2.22 bits per heavy atom. The molecule has 0 radical (unpaired) electrons. The van der Waals surface area contributed by atoms with E-state index in [1.54, 1.807) is 0 Å². The third kappa shape index (κ3) is 5.72. The van der Waals surface area contributed by atoms with Gasteiger partial charge >= 0.3 is 6.09 Å². The summed E-state index contributed by atoms with van der Waals surface area (Å²) >= 11 is 0. The monoisotopic (exact) mass is 388 g/mol. The zero-order valence-electron chi connectivity index (χ0n) is 15.9. The predicted molar refractivity (Wildman–Crippen MR) is 111 cm³/mol. The lowest BCUT2D eigenvalue weighted by molar-refractivity contribution is 0.131. The highest BCUT2D eigenvalue weighted by molar-refractivity contribution is 5.85. The molecule has 1 amide bonds. The second-order valence-corrected chi connectivity index (χ2v) is 6.98. The van der Waals surface area contributed by atoms with Crippen molar-refractivity contribution >= 4 is 18.5 Å². The van der Waals surface area contributed by atoms with Crippen LogP contribution in [0.3, 0.4) is 0 Å². The maximum Gasteiger partial charge on any atom is 0.407 e. The number of likely N-dealkylation sites (tertiary alicyclic amines) is 1. The quantitative estimate of drug-likeness (QED) is 0.798. The molecule has 146 valence electrons. The zero-order valence-corrected chi connectivity index (χ0v) is 16.7. The van der Waals surface area contributed by atoms with Crippen LogP contribution in [0.2, 0.25) is 0 Å². The van der Waals surface area contributed by atoms with Crippen LogP contribution in [0.1, 0.15) is 30.9 Å². The average molecular weight is 389 g/mol. The van der Waals surface area contributed by atoms with E-state index in [4.69, 9.17) is 4.74 Å². The molecule has 0 aromatic heterocycles. The number of amides is 1. The van der Waals surface area contributed by atoms with E-state index in [9.17, 15) is 4.79 Å². The summed E-state index contributed by atoms with van der Waals surface area (Å²) in [6, 6.07) is 21.2. The SMILES string of the molecule is CCOC(=O)NCC1(c2ccccc2)CCN(Cc2ccccc2)CC1.Cl. The summed E-state index contributed by atoms with van der Waals surface area (Å²) in [5, 5.41) is 2.98. The van der Waals surface area contributed by atoms with Crippen LogP contribution in [0.4, 0.5) is 4.79 Å². The van der Waals surface area contributed by atoms with Gasteiger partial charge < -0.3 is 10.1 Å². The summed E-state index contributed by atoms with van der Waals surface area (Å²) < 4.78 is 5.05. The molecule has 3 rings (SSSR count). The second-order valence-electron chi connectivity index (χ2n) is 6.98. The molecule has 0 saturated carbocycles. The van der Waals surface area contributed by atoms with Crippen molar-refractivity contribution in [2.75, 3.05) is 26.2 Å². The molecule has 1 N–H and O–H groups in total. The molecule has 1 aliphatic heterocycles. The standard InChI is InChI=1S/C22H28N2O2.ClH/c1-2-26-21(25)23-18-22(20-11-7-4-8-12-20)13-15-24(16-14-22)17-19-9-5-3-6-10-19;/h3-12H,2,13-18H2,1H3,(H,23,25);1H. The van der Waals surface area contributed by atoms with Crippen LogP contribution >= 0.6 is 12.4 Å². The van der Waals surface area contributed by atoms with Gasteiger partial charge in [-0.2, -0.15) is 0 Å². The molecule has 1 saturated heterocycles. The van der Waals surface area contributed by atoms with Gasteiger partial charge in [-0.3, -0.25) is 4.90 Å². The number of hydrogen-bond acceptors (Lipinski definition) is 3. The predicted octanol–water partition coefficient (Wildman–Crippen LogP) is 4.39. The first kappa shape index (κ1) is 21.3. The van der Waals surface area contributed by atoms with Crippen LogP contribution in [0, 0.1) is 0 Å². The summed E-state index contributed by atoms with van der Waals surface area (Å²) in [7, 11) is 0. The molecule has 2 aromatic carbocycles. The Morgan fingerprint density at radius 1 is 1.04 bits per heavy atom. The molecule has 27 heavy (non-hydrogen) atoms. The van der Waals surface area contributed by atoms with E-state index in [2.05, 4.69) is 64.8 Å². The fourth-order valence-corrected chi connectivity index (χ4v) is 3.76. The molecule has 1 aliphatic rings. The molecular weight excluding hydrogens is 360 g/mol. The van der Waals surface area contributed by atoms with Crippen molar-refractivity contribution in [1.82, 2.24) is 10.2 Å². The van der Waals surface area contributed by atoms with Crippen molar-refractivity contribution in [3.8, 4) is 0 Å². The van der Waals surface area contributed by atoms with E-state index in [0.29, 0.717) is 13.2 Å². The first-order valence-electron chi connectivity index (χ1n) is 9.44. The Morgan fingerprint density at radius 2 is 1.63 bits per heavy atom. The second kappa shape index (κ2) is 10.3. The molecule has 0 atom stereocenters. The fraction of sp³-hybridized carbons (Fsp3) is 0.409. The minimum atomic E-state index is -0.325. The van der Waals surface area contributed by atoms with Crippen molar-refractivity contribution in [1.29, 1.82) is 0 Å². The smallest absolute Gasteiger partial charge is 0.407 e. The van der Waals surface area contributed by atoms with Crippen molar-refractivity contribution < 1.29 is 9.53 Å². The van der Waals surface area contributed by atoms with Gasteiger partial charge in [0.25, 0.3) is 0 Å². The van der Waals surface area contributed by atoms with Gasteiger partial charge in [0, 0.05) is 18.5 Å². The minimum absolute atomic E-state index is 0. The number of carbonyl (C=O) groups excluding carboxylic acids is 1. The lowest BCUT2D eigenvalue weighted by atomic mass is 9.72. The van der Waals surface area contributed by atoms with E-state index < -0.39 is 0 Å². The normalized spacial score (nSPS) is 16.2. The van der Waals surface area contributed by atoms with Crippen LogP contribution < -0.4 is 5.32 Å². The number of ether oxygens (including phenoxy) is 1. The Kier molecular flexibility index (Phi) is 8.14. The minimum Gasteiger partial charge on any atom is -0.450 e. The molecule has 0 aliphatic carbocycles. The Balaban J connectivity index is 0.00000261. The van der Waals surface area contributed by atoms with Crippen LogP contribution in [0.25, 0.3) is 0 Å². The highest BCUT2D eigenvalue weighted by Gasteiger charge is 2.36. The van der Waals surface area contributed by atoms with Crippen LogP contribution in [-0.2, 0) is 16.7 Å². The highest BCUT2D eigenvalue weighted by atomic mass is 35.5. The van der Waals surface area contributed by atoms with E-state index >= 15 is 0 Å². The topological polar surface area (TPSA) is 41.6 Å². The third-order valence-electron chi connectivity index (χ3n) is 5.29. The number of nitrogens with zero attached hydrogens (tertiary/aromatic N) is 1. The first-order valence-corrected chi connectivity index (χ1v) is 9.44. The summed E-state index contributed by atoms with van der Waals surface area (Å²) in [5.74, 6) is 0. The molecule has 0 spiro atoms. The Bertz CT molecular complexity index is 686. The average Bonchev–Trinajstić information content (AvgIpc) is 2.69. The van der Waals surface area contributed by atoms with Gasteiger partial charge in [0.15, 0.2) is 0 Å². The summed E-state index contributed by atoms with van der Waals surface area (Å²) in [6.07, 6.45) is 1.72. The lowest BCUT2D eigenvalue weighted by Crippen LogP contribution is -2.48. The highest BCUT2D eigenvalue weighted by Crippen LogP contribution is 2.35. The van der Waals surface area contributed by atoms with E-state index in [1.807, 2.05) is 13.0 Å². The van der Waals surface area contributed by atoms with Crippen molar-refractivity contribution in [2.45, 2.75) is 31.7 Å². The summed E-state index contributed by atoms with van der Waals surface area (Å²) in [4.78, 5) is 14.3. The Labute approximate surface area is 168 Å². The van der Waals surface area contributed by atoms with E-state index in [1.165, 1.54) is 11.1 Å². The van der Waals surface area contributed by atoms with Crippen molar-refractivity contribution in [3.63, 3.8) is 0 Å². The van der Waals surface area contributed by atoms with Gasteiger partial charge in [0.2, 0.25) is 0 Å². The van der Waals surface area contributed by atoms with Gasteiger partial charge in [0.1, 0.15) is 0 Å². The first-order chi connectivity index (χ1) is 12.7. The maximum absolute atomic E-state index is 11.8.